The largest absolute Gasteiger partial charge is 0.379 e. The summed E-state index contributed by atoms with van der Waals surface area (Å²) in [5, 5.41) is 5.25. The Labute approximate surface area is 99.7 Å². The van der Waals surface area contributed by atoms with Crippen LogP contribution in [0.2, 0.25) is 0 Å². The maximum atomic E-state index is 12.1. The quantitative estimate of drug-likeness (QED) is 0.812. The van der Waals surface area contributed by atoms with E-state index in [0.717, 1.165) is 0 Å². The molecule has 1 aliphatic heterocycles. The van der Waals surface area contributed by atoms with Crippen molar-refractivity contribution in [1.82, 2.24) is 15.0 Å². The number of aryl methyl sites for hydroxylation is 2. The summed E-state index contributed by atoms with van der Waals surface area (Å²) in [6.07, 6.45) is 0. The van der Waals surface area contributed by atoms with E-state index in [1.807, 2.05) is 0 Å². The van der Waals surface area contributed by atoms with Crippen molar-refractivity contribution in [3.8, 4) is 0 Å². The smallest absolute Gasteiger partial charge is 0.258 e. The molecule has 8 heteroatoms. The zero-order chi connectivity index (χ0) is 12.5. The van der Waals surface area contributed by atoms with Gasteiger partial charge in [-0.25, -0.2) is 13.4 Å². The molecule has 0 atom stereocenters. The van der Waals surface area contributed by atoms with Gasteiger partial charge in [0.1, 0.15) is 10.6 Å². The van der Waals surface area contributed by atoms with Crippen molar-refractivity contribution in [2.45, 2.75) is 18.7 Å². The predicted octanol–water partition coefficient (Wildman–Crippen LogP) is -0.183. The zero-order valence-corrected chi connectivity index (χ0v) is 10.6. The van der Waals surface area contributed by atoms with Crippen LogP contribution in [0.15, 0.2) is 9.42 Å². The third-order valence-corrected chi connectivity index (χ3v) is 4.12. The van der Waals surface area contributed by atoms with Crippen LogP contribution in [0.25, 0.3) is 0 Å². The fourth-order valence-corrected chi connectivity index (χ4v) is 3.18. The lowest BCUT2D eigenvalue weighted by Gasteiger charge is -2.26. The summed E-state index contributed by atoms with van der Waals surface area (Å²) in [7, 11) is -3.61. The topological polar surface area (TPSA) is 84.7 Å². The van der Waals surface area contributed by atoms with E-state index in [4.69, 9.17) is 9.26 Å². The summed E-state index contributed by atoms with van der Waals surface area (Å²) >= 11 is 0. The van der Waals surface area contributed by atoms with Crippen LogP contribution >= 0.6 is 0 Å². The number of rotatable bonds is 3. The van der Waals surface area contributed by atoms with Crippen molar-refractivity contribution in [1.29, 1.82) is 0 Å². The molecule has 1 fully saturated rings. The third-order valence-electron chi connectivity index (χ3n) is 2.50. The van der Waals surface area contributed by atoms with Gasteiger partial charge in [-0.2, -0.15) is 0 Å². The molecule has 0 radical (unpaired) electrons. The first-order valence-corrected chi connectivity index (χ1v) is 6.77. The molecule has 0 spiro atoms. The Morgan fingerprint density at radius 2 is 1.94 bits per heavy atom. The number of aromatic nitrogens is 1. The van der Waals surface area contributed by atoms with Crippen LogP contribution in [0.4, 0.5) is 0 Å². The fourth-order valence-electron chi connectivity index (χ4n) is 1.73. The number of nitrogens with zero attached hydrogens (tertiary/aromatic N) is 2. The van der Waals surface area contributed by atoms with Gasteiger partial charge in [0.15, 0.2) is 5.76 Å². The number of ether oxygens (including phenoxy) is 1. The van der Waals surface area contributed by atoms with Gasteiger partial charge in [0.25, 0.3) is 10.0 Å². The van der Waals surface area contributed by atoms with Crippen molar-refractivity contribution in [2.75, 3.05) is 26.3 Å². The van der Waals surface area contributed by atoms with E-state index in [1.54, 1.807) is 18.9 Å². The maximum absolute atomic E-state index is 12.1. The molecule has 0 aromatic carbocycles. The minimum absolute atomic E-state index is 0.115. The lowest BCUT2D eigenvalue weighted by atomic mass is 10.4. The molecule has 0 unspecified atom stereocenters. The first-order chi connectivity index (χ1) is 8.00. The standard InChI is InChI=1S/C9H15N3O4S/c1-7-9(8(2)16-10-7)17(13,14)11-12-3-5-15-6-4-12/h11H,3-6H2,1-2H3. The van der Waals surface area contributed by atoms with Crippen molar-refractivity contribution in [3.05, 3.63) is 11.5 Å². The van der Waals surface area contributed by atoms with E-state index in [0.29, 0.717) is 37.8 Å². The van der Waals surface area contributed by atoms with E-state index in [1.165, 1.54) is 0 Å². The SMILES string of the molecule is Cc1noc(C)c1S(=O)(=O)NN1CCOCC1. The van der Waals surface area contributed by atoms with Crippen LogP contribution in [0, 0.1) is 13.8 Å². The van der Waals surface area contributed by atoms with Crippen molar-refractivity contribution < 1.29 is 17.7 Å². The van der Waals surface area contributed by atoms with E-state index >= 15 is 0 Å². The molecule has 2 heterocycles. The number of hydrogen-bond donors (Lipinski definition) is 1. The average molecular weight is 261 g/mol. The minimum atomic E-state index is -3.61. The number of sulfonamides is 1. The molecule has 1 aromatic heterocycles. The van der Waals surface area contributed by atoms with Gasteiger partial charge in [-0.1, -0.05) is 5.16 Å². The van der Waals surface area contributed by atoms with Gasteiger partial charge >= 0.3 is 0 Å². The van der Waals surface area contributed by atoms with Gasteiger partial charge < -0.3 is 9.26 Å². The fraction of sp³-hybridized carbons (Fsp3) is 0.667. The molecule has 0 bridgehead atoms. The Morgan fingerprint density at radius 3 is 2.47 bits per heavy atom. The van der Waals surface area contributed by atoms with Gasteiger partial charge in [-0.15, -0.1) is 4.83 Å². The van der Waals surface area contributed by atoms with Crippen molar-refractivity contribution in [2.24, 2.45) is 0 Å². The summed E-state index contributed by atoms with van der Waals surface area (Å²) in [6, 6.07) is 0. The number of morpholine rings is 1. The Kier molecular flexibility index (Phi) is 3.48. The number of hydrazine groups is 1. The first kappa shape index (κ1) is 12.5. The van der Waals surface area contributed by atoms with Crippen molar-refractivity contribution in [3.63, 3.8) is 0 Å². The molecule has 1 saturated heterocycles. The van der Waals surface area contributed by atoms with Gasteiger partial charge in [0.05, 0.1) is 13.2 Å². The van der Waals surface area contributed by atoms with Crippen molar-refractivity contribution >= 4 is 10.0 Å². The molecule has 7 nitrogen and oxygen atoms in total. The van der Waals surface area contributed by atoms with Crippen LogP contribution in [-0.4, -0.2) is 44.9 Å². The molecule has 1 aromatic rings. The maximum Gasteiger partial charge on any atom is 0.258 e. The van der Waals surface area contributed by atoms with Gasteiger partial charge in [0, 0.05) is 13.1 Å². The molecular weight excluding hydrogens is 246 g/mol. The second kappa shape index (κ2) is 4.73. The molecule has 1 aliphatic rings. The summed E-state index contributed by atoms with van der Waals surface area (Å²) in [5.41, 5.74) is 0.364. The summed E-state index contributed by atoms with van der Waals surface area (Å²) in [4.78, 5) is 2.62. The predicted molar refractivity (Wildman–Crippen MR) is 58.7 cm³/mol. The lowest BCUT2D eigenvalue weighted by Crippen LogP contribution is -2.48. The summed E-state index contributed by atoms with van der Waals surface area (Å²) in [6.45, 7) is 5.28. The van der Waals surface area contributed by atoms with E-state index in [9.17, 15) is 8.42 Å². The third kappa shape index (κ3) is 2.65. The highest BCUT2D eigenvalue weighted by molar-refractivity contribution is 7.89. The van der Waals surface area contributed by atoms with Crippen LogP contribution in [0.1, 0.15) is 11.5 Å². The van der Waals surface area contributed by atoms with E-state index in [2.05, 4.69) is 9.99 Å². The normalized spacial score (nSPS) is 18.5. The van der Waals surface area contributed by atoms with Crippen LogP contribution in [0.5, 0.6) is 0 Å². The first-order valence-electron chi connectivity index (χ1n) is 5.29. The molecule has 17 heavy (non-hydrogen) atoms. The highest BCUT2D eigenvalue weighted by Crippen LogP contribution is 2.18. The van der Waals surface area contributed by atoms with Crippen LogP contribution in [-0.2, 0) is 14.8 Å². The Bertz CT molecular complexity index is 471. The van der Waals surface area contributed by atoms with E-state index < -0.39 is 10.0 Å². The molecule has 2 rings (SSSR count). The second-order valence-electron chi connectivity index (χ2n) is 3.85. The molecule has 0 saturated carbocycles. The molecule has 0 amide bonds. The molecule has 1 N–H and O–H groups in total. The Hall–Kier alpha value is -0.960. The highest BCUT2D eigenvalue weighted by atomic mass is 32.2. The van der Waals surface area contributed by atoms with Gasteiger partial charge in [0.2, 0.25) is 0 Å². The van der Waals surface area contributed by atoms with Gasteiger partial charge in [-0.3, -0.25) is 0 Å². The van der Waals surface area contributed by atoms with Crippen LogP contribution < -0.4 is 4.83 Å². The highest BCUT2D eigenvalue weighted by Gasteiger charge is 2.26. The number of hydrogen-bond acceptors (Lipinski definition) is 6. The Morgan fingerprint density at radius 1 is 1.29 bits per heavy atom. The second-order valence-corrected chi connectivity index (χ2v) is 5.45. The van der Waals surface area contributed by atoms with Crippen LogP contribution in [0.3, 0.4) is 0 Å². The lowest BCUT2D eigenvalue weighted by molar-refractivity contribution is 0.0272. The Balaban J connectivity index is 2.19. The average Bonchev–Trinajstić information content (AvgIpc) is 2.59. The zero-order valence-electron chi connectivity index (χ0n) is 9.76. The summed E-state index contributed by atoms with van der Waals surface area (Å²) in [5.74, 6) is 0.295. The monoisotopic (exact) mass is 261 g/mol. The van der Waals surface area contributed by atoms with E-state index in [-0.39, 0.29) is 4.90 Å². The minimum Gasteiger partial charge on any atom is -0.379 e. The summed E-state index contributed by atoms with van der Waals surface area (Å²) < 4.78 is 34.2. The number of nitrogens with one attached hydrogen (secondary N) is 1. The van der Waals surface area contributed by atoms with Gasteiger partial charge in [-0.05, 0) is 13.8 Å². The molecule has 96 valence electrons. The molecular formula is C9H15N3O4S. The molecule has 0 aliphatic carbocycles.